The van der Waals surface area contributed by atoms with Gasteiger partial charge in [0, 0.05) is 12.6 Å². The lowest BCUT2D eigenvalue weighted by Crippen LogP contribution is -2.32. The minimum atomic E-state index is -0.342. The molecule has 1 aliphatic rings. The highest BCUT2D eigenvalue weighted by Gasteiger charge is 2.20. The van der Waals surface area contributed by atoms with E-state index in [1.165, 1.54) is 0 Å². The highest BCUT2D eigenvalue weighted by Crippen LogP contribution is 2.24. The summed E-state index contributed by atoms with van der Waals surface area (Å²) in [4.78, 5) is 11.6. The number of hydrogen-bond acceptors (Lipinski definition) is 5. The summed E-state index contributed by atoms with van der Waals surface area (Å²) in [5.41, 5.74) is 7.91. The maximum atomic E-state index is 11.6. The van der Waals surface area contributed by atoms with Crippen LogP contribution >= 0.6 is 0 Å². The van der Waals surface area contributed by atoms with E-state index in [2.05, 4.69) is 12.2 Å². The van der Waals surface area contributed by atoms with Gasteiger partial charge in [-0.25, -0.2) is 4.79 Å². The molecule has 1 heterocycles. The first-order valence-corrected chi connectivity index (χ1v) is 7.05. The van der Waals surface area contributed by atoms with E-state index in [0.29, 0.717) is 23.9 Å². The van der Waals surface area contributed by atoms with Crippen LogP contribution in [0.3, 0.4) is 0 Å². The van der Waals surface area contributed by atoms with Gasteiger partial charge in [0.05, 0.1) is 29.6 Å². The first kappa shape index (κ1) is 14.7. The van der Waals surface area contributed by atoms with Crippen molar-refractivity contribution in [1.82, 2.24) is 0 Å². The van der Waals surface area contributed by atoms with E-state index in [9.17, 15) is 4.79 Å². The third-order valence-corrected chi connectivity index (χ3v) is 3.41. The van der Waals surface area contributed by atoms with Gasteiger partial charge in [0.25, 0.3) is 0 Å². The number of esters is 1. The van der Waals surface area contributed by atoms with Crippen molar-refractivity contribution in [3.63, 3.8) is 0 Å². The second kappa shape index (κ2) is 6.61. The zero-order valence-electron chi connectivity index (χ0n) is 12.0. The summed E-state index contributed by atoms with van der Waals surface area (Å²) in [6.07, 6.45) is 2.18. The smallest absolute Gasteiger partial charge is 0.338 e. The molecule has 5 heteroatoms. The first-order chi connectivity index (χ1) is 9.60. The van der Waals surface area contributed by atoms with Crippen molar-refractivity contribution in [3.8, 4) is 0 Å². The lowest BCUT2D eigenvalue weighted by Gasteiger charge is -2.29. The molecule has 5 nitrogen and oxygen atoms in total. The number of nitrogens with one attached hydrogen (secondary N) is 1. The summed E-state index contributed by atoms with van der Waals surface area (Å²) >= 11 is 0. The molecule has 1 aromatic rings. The standard InChI is InChI=1S/C15H22N2O3/c1-3-19-15(18)11-4-5-14(13(16)9-11)17-12-6-7-20-10(2)8-12/h4-5,9-10,12,17H,3,6-8,16H2,1-2H3. The number of anilines is 2. The summed E-state index contributed by atoms with van der Waals surface area (Å²) in [5.74, 6) is -0.342. The molecule has 20 heavy (non-hydrogen) atoms. The maximum absolute atomic E-state index is 11.6. The Morgan fingerprint density at radius 2 is 2.35 bits per heavy atom. The Kier molecular flexibility index (Phi) is 4.84. The molecule has 0 amide bonds. The Bertz CT molecular complexity index is 476. The van der Waals surface area contributed by atoms with Crippen molar-refractivity contribution in [2.75, 3.05) is 24.3 Å². The third-order valence-electron chi connectivity index (χ3n) is 3.41. The highest BCUT2D eigenvalue weighted by atomic mass is 16.5. The number of benzene rings is 1. The van der Waals surface area contributed by atoms with Crippen molar-refractivity contribution in [3.05, 3.63) is 23.8 Å². The molecule has 1 aliphatic heterocycles. The molecular weight excluding hydrogens is 256 g/mol. The molecule has 2 rings (SSSR count). The van der Waals surface area contributed by atoms with Crippen molar-refractivity contribution in [1.29, 1.82) is 0 Å². The molecule has 110 valence electrons. The van der Waals surface area contributed by atoms with Gasteiger partial charge in [-0.1, -0.05) is 0 Å². The monoisotopic (exact) mass is 278 g/mol. The van der Waals surface area contributed by atoms with Crippen molar-refractivity contribution in [2.24, 2.45) is 0 Å². The average Bonchev–Trinajstić information content (AvgIpc) is 2.41. The Labute approximate surface area is 119 Å². The van der Waals surface area contributed by atoms with Crippen LogP contribution in [0.15, 0.2) is 18.2 Å². The lowest BCUT2D eigenvalue weighted by molar-refractivity contribution is 0.0232. The van der Waals surface area contributed by atoms with E-state index in [1.54, 1.807) is 19.1 Å². The van der Waals surface area contributed by atoms with E-state index < -0.39 is 0 Å². The number of ether oxygens (including phenoxy) is 2. The molecule has 1 saturated heterocycles. The predicted molar refractivity (Wildman–Crippen MR) is 78.9 cm³/mol. The van der Waals surface area contributed by atoms with Crippen molar-refractivity contribution >= 4 is 17.3 Å². The second-order valence-corrected chi connectivity index (χ2v) is 5.07. The molecule has 0 bridgehead atoms. The molecular formula is C15H22N2O3. The fraction of sp³-hybridized carbons (Fsp3) is 0.533. The molecule has 1 fully saturated rings. The molecule has 2 atom stereocenters. The first-order valence-electron chi connectivity index (χ1n) is 7.05. The van der Waals surface area contributed by atoms with Crippen molar-refractivity contribution < 1.29 is 14.3 Å². The van der Waals surface area contributed by atoms with Crippen LogP contribution in [0.25, 0.3) is 0 Å². The van der Waals surface area contributed by atoms with Gasteiger partial charge >= 0.3 is 5.97 Å². The summed E-state index contributed by atoms with van der Waals surface area (Å²) in [6.45, 7) is 4.98. The Morgan fingerprint density at radius 1 is 1.55 bits per heavy atom. The summed E-state index contributed by atoms with van der Waals surface area (Å²) < 4.78 is 10.5. The van der Waals surface area contributed by atoms with Gasteiger partial charge < -0.3 is 20.5 Å². The van der Waals surface area contributed by atoms with Crippen LogP contribution in [0.1, 0.15) is 37.0 Å². The van der Waals surface area contributed by atoms with Crippen LogP contribution in [0.4, 0.5) is 11.4 Å². The predicted octanol–water partition coefficient (Wildman–Crippen LogP) is 2.42. The molecule has 1 aromatic carbocycles. The molecule has 3 N–H and O–H groups in total. The van der Waals surface area contributed by atoms with Crippen LogP contribution < -0.4 is 11.1 Å². The molecule has 0 saturated carbocycles. The quantitative estimate of drug-likeness (QED) is 0.653. The van der Waals surface area contributed by atoms with Gasteiger partial charge in [-0.2, -0.15) is 0 Å². The number of nitrogens with two attached hydrogens (primary N) is 1. The van der Waals surface area contributed by atoms with Crippen LogP contribution in [-0.2, 0) is 9.47 Å². The van der Waals surface area contributed by atoms with E-state index in [-0.39, 0.29) is 12.1 Å². The van der Waals surface area contributed by atoms with Crippen LogP contribution in [0.5, 0.6) is 0 Å². The SMILES string of the molecule is CCOC(=O)c1ccc(NC2CCOC(C)C2)c(N)c1. The van der Waals surface area contributed by atoms with Gasteiger partial charge in [0.15, 0.2) is 0 Å². The van der Waals surface area contributed by atoms with Gasteiger partial charge in [-0.15, -0.1) is 0 Å². The molecule has 2 unspecified atom stereocenters. The number of hydrogen-bond donors (Lipinski definition) is 2. The average molecular weight is 278 g/mol. The normalized spacial score (nSPS) is 22.3. The topological polar surface area (TPSA) is 73.6 Å². The van der Waals surface area contributed by atoms with Crippen LogP contribution in [0, 0.1) is 0 Å². The van der Waals surface area contributed by atoms with Crippen molar-refractivity contribution in [2.45, 2.75) is 38.8 Å². The summed E-state index contributed by atoms with van der Waals surface area (Å²) in [5, 5.41) is 3.42. The largest absolute Gasteiger partial charge is 0.462 e. The number of rotatable bonds is 4. The fourth-order valence-corrected chi connectivity index (χ4v) is 2.38. The number of carbonyl (C=O) groups is 1. The molecule has 0 aliphatic carbocycles. The number of carbonyl (C=O) groups excluding carboxylic acids is 1. The Morgan fingerprint density at radius 3 is 3.00 bits per heavy atom. The van der Waals surface area contributed by atoms with E-state index >= 15 is 0 Å². The van der Waals surface area contributed by atoms with Gasteiger partial charge in [-0.05, 0) is 44.9 Å². The van der Waals surface area contributed by atoms with Gasteiger partial charge in [0.1, 0.15) is 0 Å². The molecule has 0 spiro atoms. The lowest BCUT2D eigenvalue weighted by atomic mass is 10.0. The van der Waals surface area contributed by atoms with Crippen LogP contribution in [0.2, 0.25) is 0 Å². The third kappa shape index (κ3) is 3.63. The highest BCUT2D eigenvalue weighted by molar-refractivity contribution is 5.91. The Hall–Kier alpha value is -1.75. The fourth-order valence-electron chi connectivity index (χ4n) is 2.38. The second-order valence-electron chi connectivity index (χ2n) is 5.07. The van der Waals surface area contributed by atoms with E-state index in [0.717, 1.165) is 25.1 Å². The maximum Gasteiger partial charge on any atom is 0.338 e. The summed E-state index contributed by atoms with van der Waals surface area (Å²) in [7, 11) is 0. The Balaban J connectivity index is 2.04. The minimum Gasteiger partial charge on any atom is -0.462 e. The molecule has 0 aromatic heterocycles. The van der Waals surface area contributed by atoms with E-state index in [4.69, 9.17) is 15.2 Å². The van der Waals surface area contributed by atoms with Gasteiger partial charge in [0.2, 0.25) is 0 Å². The van der Waals surface area contributed by atoms with Crippen LogP contribution in [-0.4, -0.2) is 31.3 Å². The van der Waals surface area contributed by atoms with Gasteiger partial charge in [-0.3, -0.25) is 0 Å². The zero-order chi connectivity index (χ0) is 14.5. The molecule has 0 radical (unpaired) electrons. The minimum absolute atomic E-state index is 0.265. The number of nitrogen functional groups attached to an aromatic ring is 1. The summed E-state index contributed by atoms with van der Waals surface area (Å²) in [6, 6.07) is 5.58. The van der Waals surface area contributed by atoms with E-state index in [1.807, 2.05) is 6.07 Å². The zero-order valence-corrected chi connectivity index (χ0v) is 12.0.